The van der Waals surface area contributed by atoms with Gasteiger partial charge in [-0.05, 0) is 59.3 Å². The number of nitrogens with one attached hydrogen (secondary N) is 3. The minimum absolute atomic E-state index is 0.0387. The Kier molecular flexibility index (Phi) is 20.1. The lowest BCUT2D eigenvalue weighted by Gasteiger charge is -2.20. The molecular weight excluding hydrogens is 708 g/mol. The highest BCUT2D eigenvalue weighted by Crippen LogP contribution is 2.33. The van der Waals surface area contributed by atoms with Crippen molar-refractivity contribution in [1.82, 2.24) is 30.9 Å². The van der Waals surface area contributed by atoms with Crippen LogP contribution in [0.25, 0.3) is 0 Å². The normalized spacial score (nSPS) is 18.6. The van der Waals surface area contributed by atoms with Gasteiger partial charge in [-0.15, -0.1) is 5.10 Å². The van der Waals surface area contributed by atoms with Crippen molar-refractivity contribution < 1.29 is 47.7 Å². The number of carbonyl (C=O) groups excluding carboxylic acids is 5. The lowest BCUT2D eigenvalue weighted by Crippen LogP contribution is -2.36. The molecule has 1 aromatic heterocycles. The molecule has 3 amide bonds. The third-order valence-corrected chi connectivity index (χ3v) is 10.2. The smallest absolute Gasteiger partial charge is 0.407 e. The number of rotatable bonds is 28. The van der Waals surface area contributed by atoms with Crippen molar-refractivity contribution in [1.29, 1.82) is 0 Å². The van der Waals surface area contributed by atoms with E-state index in [0.29, 0.717) is 83.5 Å². The maximum Gasteiger partial charge on any atom is 0.407 e. The number of methoxy groups -OCH3 is 1. The van der Waals surface area contributed by atoms with Crippen molar-refractivity contribution in [2.75, 3.05) is 59.0 Å². The maximum absolute atomic E-state index is 12.6. The van der Waals surface area contributed by atoms with E-state index in [1.54, 1.807) is 25.5 Å². The lowest BCUT2D eigenvalue weighted by molar-refractivity contribution is -0.147. The fourth-order valence-corrected chi connectivity index (χ4v) is 7.59. The van der Waals surface area contributed by atoms with Gasteiger partial charge in [0, 0.05) is 56.0 Å². The molecule has 17 heteroatoms. The Hall–Kier alpha value is -3.28. The quantitative estimate of drug-likeness (QED) is 0.0638. The number of fused-ring (bicyclic) bond motifs is 1. The number of thioether (sulfide) groups is 1. The van der Waals surface area contributed by atoms with Crippen molar-refractivity contribution >= 4 is 41.4 Å². The van der Waals surface area contributed by atoms with Gasteiger partial charge in [0.05, 0.1) is 70.4 Å². The van der Waals surface area contributed by atoms with Gasteiger partial charge in [0.25, 0.3) is 0 Å². The number of nitrogens with zero attached hydrogens (tertiary/aromatic N) is 3. The third-order valence-electron chi connectivity index (χ3n) is 8.73. The average molecular weight is 769 g/mol. The fraction of sp³-hybridized carbons (Fsp3) is 0.806. The molecule has 2 fully saturated rings. The molecule has 16 nitrogen and oxygen atoms in total. The van der Waals surface area contributed by atoms with Crippen molar-refractivity contribution in [2.45, 2.75) is 121 Å². The summed E-state index contributed by atoms with van der Waals surface area (Å²) in [4.78, 5) is 60.3. The van der Waals surface area contributed by atoms with E-state index < -0.39 is 23.6 Å². The molecule has 2 aliphatic rings. The van der Waals surface area contributed by atoms with Gasteiger partial charge < -0.3 is 39.6 Å². The number of ketones is 2. The molecule has 4 atom stereocenters. The zero-order valence-corrected chi connectivity index (χ0v) is 32.7. The first kappa shape index (κ1) is 44.1. The van der Waals surface area contributed by atoms with Crippen LogP contribution in [0.15, 0.2) is 6.20 Å². The maximum atomic E-state index is 12.6. The molecule has 0 saturated carbocycles. The largest absolute Gasteiger partial charge is 0.469 e. The monoisotopic (exact) mass is 768 g/mol. The minimum atomic E-state index is -0.643. The number of urea groups is 1. The summed E-state index contributed by atoms with van der Waals surface area (Å²) in [6.45, 7) is 8.79. The van der Waals surface area contributed by atoms with E-state index in [-0.39, 0.29) is 55.5 Å². The van der Waals surface area contributed by atoms with Gasteiger partial charge in [-0.1, -0.05) is 11.6 Å². The molecule has 0 aromatic carbocycles. The first-order valence-electron chi connectivity index (χ1n) is 18.8. The van der Waals surface area contributed by atoms with Gasteiger partial charge in [0.2, 0.25) is 0 Å². The Bertz CT molecular complexity index is 1290. The number of aryl methyl sites for hydroxylation is 1. The Morgan fingerprint density at radius 2 is 1.64 bits per heavy atom. The second-order valence-electron chi connectivity index (χ2n) is 14.4. The lowest BCUT2D eigenvalue weighted by atomic mass is 9.96. The molecule has 0 radical (unpaired) electrons. The van der Waals surface area contributed by atoms with E-state index in [4.69, 9.17) is 23.7 Å². The van der Waals surface area contributed by atoms with Crippen molar-refractivity contribution in [3.05, 3.63) is 11.9 Å². The highest BCUT2D eigenvalue weighted by molar-refractivity contribution is 8.00. The van der Waals surface area contributed by atoms with Crippen molar-refractivity contribution in [3.8, 4) is 0 Å². The second-order valence-corrected chi connectivity index (χ2v) is 15.6. The number of Topliss-reactive ketones (excluding diaryl/α,β-unsaturated/α-hetero) is 2. The van der Waals surface area contributed by atoms with Crippen LogP contribution in [0.3, 0.4) is 0 Å². The summed E-state index contributed by atoms with van der Waals surface area (Å²) in [5, 5.41) is 17.3. The summed E-state index contributed by atoms with van der Waals surface area (Å²) < 4.78 is 28.5. The fourth-order valence-electron chi connectivity index (χ4n) is 6.05. The molecule has 300 valence electrons. The third kappa shape index (κ3) is 18.5. The Morgan fingerprint density at radius 3 is 2.38 bits per heavy atom. The van der Waals surface area contributed by atoms with Gasteiger partial charge in [-0.3, -0.25) is 14.4 Å². The van der Waals surface area contributed by atoms with Crippen molar-refractivity contribution in [3.63, 3.8) is 0 Å². The number of hydrogen-bond donors (Lipinski definition) is 3. The molecule has 53 heavy (non-hydrogen) atoms. The SMILES string of the molecule is COC(=O)[C@H](CCNC(=O)OC(C)(C)C)CC(=O)CCCc1cn(CCOCCOCCOCCCC(=O)CCCC[C@@H]2SC[C@@H]3NC(=O)N[C@@H]32)nn1. The topological polar surface area (TPSA) is 198 Å². The zero-order chi connectivity index (χ0) is 38.5. The van der Waals surface area contributed by atoms with Crippen LogP contribution in [-0.2, 0) is 51.0 Å². The standard InChI is InChI=1S/C36H60N6O10S/c1-36(2,3)52-35(47)37-15-14-26(33(45)48-4)23-29(44)11-7-9-27-24-42(41-40-27)16-18-50-20-22-51-21-19-49-17-8-12-28(43)10-5-6-13-31-32-30(25-53-31)38-34(46)39-32/h24,26,30-32H,5-23,25H2,1-4H3,(H,37,47)(H2,38,39,46)/t26-,30+,31+,32+/m1/s1. The summed E-state index contributed by atoms with van der Waals surface area (Å²) in [6, 6.07) is 0.407. The minimum Gasteiger partial charge on any atom is -0.469 e. The summed E-state index contributed by atoms with van der Waals surface area (Å²) in [7, 11) is 1.28. The summed E-state index contributed by atoms with van der Waals surface area (Å²) >= 11 is 1.91. The van der Waals surface area contributed by atoms with E-state index in [2.05, 4.69) is 26.3 Å². The van der Waals surface area contributed by atoms with E-state index in [0.717, 1.165) is 30.7 Å². The Balaban J connectivity index is 1.10. The number of esters is 1. The van der Waals surface area contributed by atoms with E-state index >= 15 is 0 Å². The molecule has 3 rings (SSSR count). The Labute approximate surface area is 317 Å². The first-order chi connectivity index (χ1) is 25.4. The van der Waals surface area contributed by atoms with Gasteiger partial charge in [-0.2, -0.15) is 11.8 Å². The predicted octanol–water partition coefficient (Wildman–Crippen LogP) is 3.39. The van der Waals surface area contributed by atoms with E-state index in [1.807, 2.05) is 18.0 Å². The number of unbranched alkanes of at least 4 members (excludes halogenated alkanes) is 1. The number of amides is 3. The number of carbonyl (C=O) groups is 5. The molecule has 2 saturated heterocycles. The summed E-state index contributed by atoms with van der Waals surface area (Å²) in [5.41, 5.74) is 0.141. The first-order valence-corrected chi connectivity index (χ1v) is 19.9. The zero-order valence-electron chi connectivity index (χ0n) is 31.9. The number of aromatic nitrogens is 3. The van der Waals surface area contributed by atoms with Crippen LogP contribution in [0.2, 0.25) is 0 Å². The molecular formula is C36H60N6O10S. The van der Waals surface area contributed by atoms with Crippen LogP contribution < -0.4 is 16.0 Å². The van der Waals surface area contributed by atoms with E-state index in [1.165, 1.54) is 7.11 Å². The molecule has 0 aliphatic carbocycles. The summed E-state index contributed by atoms with van der Waals surface area (Å²) in [5.74, 6) is 0.0462. The van der Waals surface area contributed by atoms with Crippen LogP contribution in [-0.4, -0.2) is 127 Å². The number of ether oxygens (including phenoxy) is 5. The van der Waals surface area contributed by atoms with Gasteiger partial charge in [-0.25, -0.2) is 14.3 Å². The van der Waals surface area contributed by atoms with Gasteiger partial charge >= 0.3 is 18.1 Å². The molecule has 0 unspecified atom stereocenters. The highest BCUT2D eigenvalue weighted by Gasteiger charge is 2.42. The van der Waals surface area contributed by atoms with Gasteiger partial charge in [0.15, 0.2) is 0 Å². The molecule has 3 heterocycles. The molecule has 0 spiro atoms. The molecule has 3 N–H and O–H groups in total. The average Bonchev–Trinajstić information content (AvgIpc) is 3.81. The van der Waals surface area contributed by atoms with Crippen LogP contribution in [0.1, 0.15) is 90.7 Å². The molecule has 1 aromatic rings. The van der Waals surface area contributed by atoms with Crippen LogP contribution in [0.4, 0.5) is 9.59 Å². The van der Waals surface area contributed by atoms with Crippen LogP contribution >= 0.6 is 11.8 Å². The molecule has 2 aliphatic heterocycles. The summed E-state index contributed by atoms with van der Waals surface area (Å²) in [6.07, 6.45) is 7.74. The number of alkyl carbamates (subject to hydrolysis) is 1. The highest BCUT2D eigenvalue weighted by atomic mass is 32.2. The van der Waals surface area contributed by atoms with Crippen LogP contribution in [0, 0.1) is 5.92 Å². The van der Waals surface area contributed by atoms with E-state index in [9.17, 15) is 24.0 Å². The van der Waals surface area contributed by atoms with Crippen LogP contribution in [0.5, 0.6) is 0 Å². The second kappa shape index (κ2) is 24.2. The number of hydrogen-bond acceptors (Lipinski definition) is 13. The predicted molar refractivity (Wildman–Crippen MR) is 198 cm³/mol. The van der Waals surface area contributed by atoms with Crippen molar-refractivity contribution in [2.24, 2.45) is 5.92 Å². The molecule has 0 bridgehead atoms. The Morgan fingerprint density at radius 1 is 0.943 bits per heavy atom. The van der Waals surface area contributed by atoms with Gasteiger partial charge in [0.1, 0.15) is 17.2 Å².